The van der Waals surface area contributed by atoms with Gasteiger partial charge in [0.15, 0.2) is 34.7 Å². The summed E-state index contributed by atoms with van der Waals surface area (Å²) in [5.74, 6) is -13.8. The van der Waals surface area contributed by atoms with E-state index in [9.17, 15) is 44.1 Å². The van der Waals surface area contributed by atoms with Crippen LogP contribution >= 0.6 is 15.9 Å². The summed E-state index contributed by atoms with van der Waals surface area (Å²) in [4.78, 5) is 76.4. The molecule has 3 amide bonds. The Balaban J connectivity index is 1.79. The highest BCUT2D eigenvalue weighted by molar-refractivity contribution is 9.09. The fourth-order valence-corrected chi connectivity index (χ4v) is 5.98. The van der Waals surface area contributed by atoms with Gasteiger partial charge in [0.2, 0.25) is 5.91 Å². The zero-order chi connectivity index (χ0) is 26.7. The van der Waals surface area contributed by atoms with Gasteiger partial charge in [-0.2, -0.15) is 0 Å². The van der Waals surface area contributed by atoms with Crippen molar-refractivity contribution < 1.29 is 44.1 Å². The Morgan fingerprint density at radius 1 is 1.19 bits per heavy atom. The minimum Gasteiger partial charge on any atom is -0.505 e. The predicted octanol–water partition coefficient (Wildman–Crippen LogP) is -0.625. The molecule has 2 saturated carbocycles. The lowest BCUT2D eigenvalue weighted by Gasteiger charge is -2.52. The van der Waals surface area contributed by atoms with E-state index in [0.717, 1.165) is 0 Å². The number of nitrogens with one attached hydrogen (secondary N) is 2. The van der Waals surface area contributed by atoms with Gasteiger partial charge in [0.25, 0.3) is 0 Å². The first-order valence-electron chi connectivity index (χ1n) is 11.2. The number of Topliss-reactive ketones (excluding diaryl/α,β-unsaturated/α-hetero) is 4. The number of rotatable bonds is 4. The molecule has 13 heteroatoms. The predicted molar refractivity (Wildman–Crippen MR) is 125 cm³/mol. The van der Waals surface area contributed by atoms with Crippen molar-refractivity contribution in [1.29, 1.82) is 0 Å². The fourth-order valence-electron chi connectivity index (χ4n) is 5.78. The number of anilines is 1. The molecule has 0 saturated heterocycles. The van der Waals surface area contributed by atoms with Crippen LogP contribution in [0.4, 0.5) is 10.5 Å². The monoisotopic (exact) mass is 565 g/mol. The van der Waals surface area contributed by atoms with Gasteiger partial charge in [-0.1, -0.05) is 28.9 Å². The normalized spacial score (nSPS) is 33.3. The van der Waals surface area contributed by atoms with Crippen LogP contribution in [-0.2, 0) is 19.2 Å². The summed E-state index contributed by atoms with van der Waals surface area (Å²) in [6.07, 6.45) is -2.29. The largest absolute Gasteiger partial charge is 0.505 e. The Bertz CT molecular complexity index is 1220. The number of carbonyl (C=O) groups is 6. The number of hydrogen-bond acceptors (Lipinski definition) is 9. The number of phenolic OH excluding ortho intramolecular Hbond substituents is 1. The third kappa shape index (κ3) is 3.56. The maximum Gasteiger partial charge on any atom is 0.319 e. The van der Waals surface area contributed by atoms with Gasteiger partial charge in [-0.3, -0.25) is 24.0 Å². The quantitative estimate of drug-likeness (QED) is 0.155. The van der Waals surface area contributed by atoms with Crippen LogP contribution in [0.15, 0.2) is 12.1 Å². The van der Waals surface area contributed by atoms with Crippen LogP contribution in [0.25, 0.3) is 0 Å². The number of aliphatic hydroxyl groups is 2. The van der Waals surface area contributed by atoms with Crippen molar-refractivity contribution in [2.24, 2.45) is 29.4 Å². The van der Waals surface area contributed by atoms with Gasteiger partial charge in [0.05, 0.1) is 23.3 Å². The number of ketones is 4. The SMILES string of the molecule is C[C@H]1c2ccc(NC(=O)NCCBr)c(O)c2C(=O)C2C(=O)[C@]3(O)C(=O)C(C(N)=O)C(=O)C[C@@H]3[C@@H](O)[C@@H]21. The molecule has 0 radical (unpaired) electrons. The Hall–Kier alpha value is -3.16. The average molecular weight is 566 g/mol. The summed E-state index contributed by atoms with van der Waals surface area (Å²) in [7, 11) is 0. The molecule has 1 aromatic carbocycles. The minimum atomic E-state index is -2.98. The number of fused-ring (bicyclic) bond motifs is 3. The lowest BCUT2D eigenvalue weighted by Crippen LogP contribution is -2.72. The van der Waals surface area contributed by atoms with E-state index in [4.69, 9.17) is 5.73 Å². The molecule has 7 N–H and O–H groups in total. The molecule has 36 heavy (non-hydrogen) atoms. The number of amides is 3. The maximum atomic E-state index is 13.6. The number of halogens is 1. The van der Waals surface area contributed by atoms with E-state index in [2.05, 4.69) is 26.6 Å². The van der Waals surface area contributed by atoms with Crippen molar-refractivity contribution in [3.8, 4) is 5.75 Å². The Labute approximate surface area is 212 Å². The highest BCUT2D eigenvalue weighted by atomic mass is 79.9. The smallest absolute Gasteiger partial charge is 0.319 e. The molecule has 192 valence electrons. The molecule has 0 heterocycles. The highest BCUT2D eigenvalue weighted by Crippen LogP contribution is 2.54. The van der Waals surface area contributed by atoms with Gasteiger partial charge in [-0.05, 0) is 17.5 Å². The van der Waals surface area contributed by atoms with E-state index in [0.29, 0.717) is 5.33 Å². The molecule has 0 aliphatic heterocycles. The topological polar surface area (TPSA) is 213 Å². The van der Waals surface area contributed by atoms with Crippen molar-refractivity contribution in [3.05, 3.63) is 23.3 Å². The summed E-state index contributed by atoms with van der Waals surface area (Å²) < 4.78 is 0. The number of nitrogens with two attached hydrogens (primary N) is 1. The molecule has 1 aromatic rings. The zero-order valence-electron chi connectivity index (χ0n) is 19.0. The summed E-state index contributed by atoms with van der Waals surface area (Å²) in [5.41, 5.74) is 2.04. The molecule has 0 bridgehead atoms. The highest BCUT2D eigenvalue weighted by Gasteiger charge is 2.69. The molecular formula is C23H24BrN3O9. The van der Waals surface area contributed by atoms with Crippen LogP contribution in [0.5, 0.6) is 5.75 Å². The number of phenols is 1. The summed E-state index contributed by atoms with van der Waals surface area (Å²) in [6.45, 7) is 1.88. The zero-order valence-corrected chi connectivity index (χ0v) is 20.6. The van der Waals surface area contributed by atoms with E-state index < -0.39 is 88.5 Å². The van der Waals surface area contributed by atoms with Crippen LogP contribution in [0.3, 0.4) is 0 Å². The van der Waals surface area contributed by atoms with Gasteiger partial charge in [0.1, 0.15) is 5.75 Å². The van der Waals surface area contributed by atoms with Crippen LogP contribution < -0.4 is 16.4 Å². The molecular weight excluding hydrogens is 542 g/mol. The molecule has 0 spiro atoms. The lowest BCUT2D eigenvalue weighted by atomic mass is 9.50. The fraction of sp³-hybridized carbons (Fsp3) is 0.478. The lowest BCUT2D eigenvalue weighted by molar-refractivity contribution is -0.189. The van der Waals surface area contributed by atoms with E-state index >= 15 is 0 Å². The average Bonchev–Trinajstić information content (AvgIpc) is 2.81. The number of hydrogen-bond donors (Lipinski definition) is 6. The van der Waals surface area contributed by atoms with Crippen LogP contribution in [0.1, 0.15) is 35.2 Å². The Kier molecular flexibility index (Phi) is 6.52. The molecule has 3 aliphatic rings. The number of aromatic hydroxyl groups is 1. The van der Waals surface area contributed by atoms with E-state index in [1.54, 1.807) is 6.92 Å². The number of urea groups is 1. The summed E-state index contributed by atoms with van der Waals surface area (Å²) in [5, 5.41) is 38.7. The first-order chi connectivity index (χ1) is 16.9. The third-order valence-electron chi connectivity index (χ3n) is 7.49. The maximum absolute atomic E-state index is 13.6. The number of carbonyl (C=O) groups excluding carboxylic acids is 6. The molecule has 3 aliphatic carbocycles. The minimum absolute atomic E-state index is 0.117. The number of benzene rings is 1. The number of primary amides is 1. The van der Waals surface area contributed by atoms with Gasteiger partial charge in [-0.25, -0.2) is 4.79 Å². The van der Waals surface area contributed by atoms with Crippen molar-refractivity contribution in [3.63, 3.8) is 0 Å². The van der Waals surface area contributed by atoms with E-state index in [1.807, 2.05) is 0 Å². The summed E-state index contributed by atoms with van der Waals surface area (Å²) in [6, 6.07) is 2.17. The molecule has 7 atom stereocenters. The van der Waals surface area contributed by atoms with Gasteiger partial charge in [0, 0.05) is 30.1 Å². The number of aliphatic hydroxyl groups excluding tert-OH is 1. The standard InChI is InChI=1S/C23H24BrN3O9/c1-7-8-2-3-10(27-22(35)26-5-4-24)17(30)13(8)18(31)15-12(7)16(29)9-6-11(28)14(21(25)34)19(32)23(9,36)20(15)33/h2-3,7,9,12,14-16,29-30,36H,4-6H2,1H3,(H2,25,34)(H2,26,27,35)/t7-,9+,12+,14?,15?,16+,23+/m0/s1. The van der Waals surface area contributed by atoms with E-state index in [-0.39, 0.29) is 23.4 Å². The van der Waals surface area contributed by atoms with E-state index in [1.165, 1.54) is 12.1 Å². The second-order valence-corrected chi connectivity index (χ2v) is 10.1. The Morgan fingerprint density at radius 2 is 1.86 bits per heavy atom. The molecule has 0 aromatic heterocycles. The van der Waals surface area contributed by atoms with Crippen LogP contribution in [0, 0.1) is 23.7 Å². The van der Waals surface area contributed by atoms with Gasteiger partial charge < -0.3 is 31.7 Å². The van der Waals surface area contributed by atoms with Crippen molar-refractivity contribution in [1.82, 2.24) is 5.32 Å². The van der Waals surface area contributed by atoms with Crippen LogP contribution in [-0.4, -0.2) is 74.0 Å². The molecule has 2 unspecified atom stereocenters. The van der Waals surface area contributed by atoms with Crippen molar-refractivity contribution >= 4 is 56.7 Å². The van der Waals surface area contributed by atoms with Crippen LogP contribution in [0.2, 0.25) is 0 Å². The third-order valence-corrected chi connectivity index (χ3v) is 7.88. The molecule has 2 fully saturated rings. The van der Waals surface area contributed by atoms with Crippen molar-refractivity contribution in [2.75, 3.05) is 17.2 Å². The van der Waals surface area contributed by atoms with Crippen molar-refractivity contribution in [2.45, 2.75) is 31.0 Å². The first-order valence-corrected chi connectivity index (χ1v) is 12.3. The number of alkyl halides is 1. The summed E-state index contributed by atoms with van der Waals surface area (Å²) >= 11 is 3.15. The Morgan fingerprint density at radius 3 is 2.47 bits per heavy atom. The second kappa shape index (κ2) is 9.05. The molecule has 4 rings (SSSR count). The second-order valence-electron chi connectivity index (χ2n) is 9.30. The van der Waals surface area contributed by atoms with Gasteiger partial charge in [-0.15, -0.1) is 0 Å². The van der Waals surface area contributed by atoms with Gasteiger partial charge >= 0.3 is 6.03 Å². The first kappa shape index (κ1) is 25.9. The molecule has 12 nitrogen and oxygen atoms in total.